The van der Waals surface area contributed by atoms with Crippen LogP contribution in [0.25, 0.3) is 0 Å². The van der Waals surface area contributed by atoms with Gasteiger partial charge in [0.25, 0.3) is 0 Å². The smallest absolute Gasteiger partial charge is 0.319 e. The molecular weight excluding hydrogens is 388 g/mol. The lowest BCUT2D eigenvalue weighted by Gasteiger charge is -2.31. The number of amides is 2. The van der Waals surface area contributed by atoms with Crippen LogP contribution in [-0.4, -0.2) is 37.9 Å². The molecule has 1 aliphatic rings. The molecule has 0 aromatic heterocycles. The van der Waals surface area contributed by atoms with Crippen molar-refractivity contribution in [2.45, 2.75) is 30.5 Å². The molecule has 6 nitrogen and oxygen atoms in total. The van der Waals surface area contributed by atoms with E-state index in [1.54, 1.807) is 6.07 Å². The molecule has 0 radical (unpaired) electrons. The quantitative estimate of drug-likeness (QED) is 0.796. The van der Waals surface area contributed by atoms with Gasteiger partial charge in [-0.05, 0) is 48.7 Å². The summed E-state index contributed by atoms with van der Waals surface area (Å²) in [6, 6.07) is 10.7. The number of nitrogens with zero attached hydrogens (tertiary/aromatic N) is 1. The first kappa shape index (κ1) is 20.2. The lowest BCUT2D eigenvalue weighted by Crippen LogP contribution is -2.47. The summed E-state index contributed by atoms with van der Waals surface area (Å²) in [4.78, 5) is 12.1. The highest BCUT2D eigenvalue weighted by atomic mass is 32.2. The first-order valence-corrected chi connectivity index (χ1v) is 10.3. The minimum atomic E-state index is -3.70. The molecule has 9 heteroatoms. The summed E-state index contributed by atoms with van der Waals surface area (Å²) in [7, 11) is -3.70. The van der Waals surface area contributed by atoms with Gasteiger partial charge in [-0.1, -0.05) is 18.2 Å². The van der Waals surface area contributed by atoms with Crippen molar-refractivity contribution >= 4 is 21.7 Å². The Morgan fingerprint density at radius 3 is 2.50 bits per heavy atom. The van der Waals surface area contributed by atoms with Crippen LogP contribution in [0.2, 0.25) is 0 Å². The van der Waals surface area contributed by atoms with Crippen LogP contribution in [0.4, 0.5) is 19.3 Å². The molecule has 0 unspecified atom stereocenters. The number of alkyl halides is 1. The van der Waals surface area contributed by atoms with Gasteiger partial charge in [-0.25, -0.2) is 22.0 Å². The third-order valence-corrected chi connectivity index (χ3v) is 6.46. The molecule has 2 amide bonds. The third-order valence-electron chi connectivity index (χ3n) is 4.56. The lowest BCUT2D eigenvalue weighted by atomic mass is 10.1. The highest BCUT2D eigenvalue weighted by Crippen LogP contribution is 2.22. The van der Waals surface area contributed by atoms with Crippen LogP contribution in [0, 0.1) is 5.82 Å². The van der Waals surface area contributed by atoms with E-state index in [9.17, 15) is 22.0 Å². The molecule has 0 bridgehead atoms. The fraction of sp³-hybridized carbons (Fsp3) is 0.316. The second kappa shape index (κ2) is 8.66. The van der Waals surface area contributed by atoms with Crippen molar-refractivity contribution in [3.63, 3.8) is 0 Å². The summed E-state index contributed by atoms with van der Waals surface area (Å²) in [5.41, 5.74) is 0.650. The Balaban J connectivity index is 1.55. The molecule has 1 heterocycles. The lowest BCUT2D eigenvalue weighted by molar-refractivity contribution is 0.238. The molecule has 3 rings (SSSR count). The number of rotatable bonds is 5. The van der Waals surface area contributed by atoms with E-state index in [-0.39, 0.29) is 24.0 Å². The van der Waals surface area contributed by atoms with Gasteiger partial charge in [0.05, 0.1) is 4.90 Å². The van der Waals surface area contributed by atoms with Crippen molar-refractivity contribution in [2.75, 3.05) is 18.4 Å². The second-order valence-electron chi connectivity index (χ2n) is 6.57. The highest BCUT2D eigenvalue weighted by molar-refractivity contribution is 7.89. The van der Waals surface area contributed by atoms with Gasteiger partial charge in [0.2, 0.25) is 10.0 Å². The summed E-state index contributed by atoms with van der Waals surface area (Å²) in [6.45, 7) is -0.240. The number of carbonyl (C=O) groups excluding carboxylic acids is 1. The van der Waals surface area contributed by atoms with Crippen LogP contribution in [0.1, 0.15) is 18.4 Å². The van der Waals surface area contributed by atoms with E-state index in [1.807, 2.05) is 0 Å². The van der Waals surface area contributed by atoms with Gasteiger partial charge in [0.1, 0.15) is 12.5 Å². The maximum Gasteiger partial charge on any atom is 0.319 e. The average molecular weight is 409 g/mol. The SMILES string of the molecule is O=C(Nc1cccc(F)c1)NC1CCN(S(=O)(=O)c2cccc(CF)c2)CC1. The largest absolute Gasteiger partial charge is 0.335 e. The molecule has 2 aromatic rings. The van der Waals surface area contributed by atoms with E-state index < -0.39 is 28.5 Å². The normalized spacial score (nSPS) is 15.9. The number of sulfonamides is 1. The van der Waals surface area contributed by atoms with E-state index in [1.165, 1.54) is 46.8 Å². The fourth-order valence-electron chi connectivity index (χ4n) is 3.10. The molecule has 0 spiro atoms. The van der Waals surface area contributed by atoms with E-state index in [0.717, 1.165) is 0 Å². The number of nitrogens with one attached hydrogen (secondary N) is 2. The van der Waals surface area contributed by atoms with Crippen LogP contribution in [-0.2, 0) is 16.7 Å². The van der Waals surface area contributed by atoms with Crippen molar-refractivity contribution in [3.05, 3.63) is 59.9 Å². The summed E-state index contributed by atoms with van der Waals surface area (Å²) >= 11 is 0. The maximum atomic E-state index is 13.2. The van der Waals surface area contributed by atoms with E-state index in [0.29, 0.717) is 24.1 Å². The molecule has 0 aliphatic carbocycles. The van der Waals surface area contributed by atoms with Gasteiger partial charge in [0.15, 0.2) is 0 Å². The van der Waals surface area contributed by atoms with Gasteiger partial charge in [-0.2, -0.15) is 4.31 Å². The molecule has 150 valence electrons. The molecule has 2 aromatic carbocycles. The van der Waals surface area contributed by atoms with E-state index >= 15 is 0 Å². The number of carbonyl (C=O) groups is 1. The Labute approximate surface area is 162 Å². The number of anilines is 1. The highest BCUT2D eigenvalue weighted by Gasteiger charge is 2.30. The van der Waals surface area contributed by atoms with Crippen molar-refractivity contribution in [3.8, 4) is 0 Å². The number of piperidine rings is 1. The van der Waals surface area contributed by atoms with Gasteiger partial charge >= 0.3 is 6.03 Å². The summed E-state index contributed by atoms with van der Waals surface area (Å²) in [5, 5.41) is 5.33. The molecule has 1 fully saturated rings. The Morgan fingerprint density at radius 2 is 1.82 bits per heavy atom. The van der Waals surface area contributed by atoms with Crippen molar-refractivity contribution in [2.24, 2.45) is 0 Å². The number of urea groups is 1. The zero-order valence-electron chi connectivity index (χ0n) is 15.1. The second-order valence-corrected chi connectivity index (χ2v) is 8.51. The number of halogens is 2. The summed E-state index contributed by atoms with van der Waals surface area (Å²) in [6.07, 6.45) is 0.886. The number of hydrogen-bond acceptors (Lipinski definition) is 3. The molecular formula is C19H21F2N3O3S. The number of hydrogen-bond donors (Lipinski definition) is 2. The van der Waals surface area contributed by atoms with Gasteiger partial charge in [-0.15, -0.1) is 0 Å². The van der Waals surface area contributed by atoms with Crippen LogP contribution in [0.3, 0.4) is 0 Å². The van der Waals surface area contributed by atoms with Crippen molar-refractivity contribution < 1.29 is 22.0 Å². The van der Waals surface area contributed by atoms with E-state index in [2.05, 4.69) is 10.6 Å². The first-order chi connectivity index (χ1) is 13.4. The molecule has 28 heavy (non-hydrogen) atoms. The topological polar surface area (TPSA) is 78.5 Å². The summed E-state index contributed by atoms with van der Waals surface area (Å²) < 4.78 is 52.8. The molecule has 0 atom stereocenters. The van der Waals surface area contributed by atoms with Crippen molar-refractivity contribution in [1.29, 1.82) is 0 Å². The Hall–Kier alpha value is -2.52. The zero-order chi connectivity index (χ0) is 20.1. The number of benzene rings is 2. The molecule has 1 saturated heterocycles. The first-order valence-electron chi connectivity index (χ1n) is 8.86. The van der Waals surface area contributed by atoms with Crippen LogP contribution >= 0.6 is 0 Å². The monoisotopic (exact) mass is 409 g/mol. The van der Waals surface area contributed by atoms with Crippen LogP contribution < -0.4 is 10.6 Å². The van der Waals surface area contributed by atoms with Crippen LogP contribution in [0.15, 0.2) is 53.4 Å². The Kier molecular flexibility index (Phi) is 6.25. The Bertz CT molecular complexity index is 945. The van der Waals surface area contributed by atoms with Crippen LogP contribution in [0.5, 0.6) is 0 Å². The van der Waals surface area contributed by atoms with Gasteiger partial charge in [-0.3, -0.25) is 0 Å². The van der Waals surface area contributed by atoms with E-state index in [4.69, 9.17) is 0 Å². The standard InChI is InChI=1S/C19H21F2N3O3S/c20-13-14-3-1-6-18(11-14)28(26,27)24-9-7-16(8-10-24)22-19(25)23-17-5-2-4-15(21)12-17/h1-6,11-12,16H,7-10,13H2,(H2,22,23,25). The third kappa shape index (κ3) is 4.85. The van der Waals surface area contributed by atoms with Gasteiger partial charge in [0, 0.05) is 24.8 Å². The minimum absolute atomic E-state index is 0.0675. The van der Waals surface area contributed by atoms with Crippen molar-refractivity contribution in [1.82, 2.24) is 9.62 Å². The van der Waals surface area contributed by atoms with Gasteiger partial charge < -0.3 is 10.6 Å². The predicted molar refractivity (Wildman–Crippen MR) is 102 cm³/mol. The molecule has 0 saturated carbocycles. The predicted octanol–water partition coefficient (Wildman–Crippen LogP) is 3.27. The average Bonchev–Trinajstić information content (AvgIpc) is 2.68. The fourth-order valence-corrected chi connectivity index (χ4v) is 4.64. The Morgan fingerprint density at radius 1 is 1.11 bits per heavy atom. The molecule has 1 aliphatic heterocycles. The summed E-state index contributed by atoms with van der Waals surface area (Å²) in [5.74, 6) is -0.451. The molecule has 2 N–H and O–H groups in total. The zero-order valence-corrected chi connectivity index (χ0v) is 15.9. The minimum Gasteiger partial charge on any atom is -0.335 e. The maximum absolute atomic E-state index is 13.2.